The van der Waals surface area contributed by atoms with E-state index in [1.54, 1.807) is 14.2 Å². The van der Waals surface area contributed by atoms with Crippen LogP contribution in [0.5, 0.6) is 11.5 Å². The summed E-state index contributed by atoms with van der Waals surface area (Å²) in [5.41, 5.74) is 2.06. The van der Waals surface area contributed by atoms with E-state index < -0.39 is 0 Å². The van der Waals surface area contributed by atoms with Gasteiger partial charge >= 0.3 is 0 Å². The monoisotopic (exact) mass is 361 g/mol. The van der Waals surface area contributed by atoms with Crippen molar-refractivity contribution in [3.8, 4) is 11.5 Å². The second-order valence-corrected chi connectivity index (χ2v) is 6.24. The molecule has 1 unspecified atom stereocenters. The van der Waals surface area contributed by atoms with Crippen LogP contribution in [0.3, 0.4) is 0 Å². The first-order valence-corrected chi connectivity index (χ1v) is 8.70. The van der Waals surface area contributed by atoms with Gasteiger partial charge in [-0.1, -0.05) is 30.7 Å². The zero-order chi connectivity index (χ0) is 18.2. The SMILES string of the molecule is CCC(NC(=O)CCc1cc(OC)cc(OC)c1)c1ccc(Cl)cc1. The van der Waals surface area contributed by atoms with Gasteiger partial charge in [0, 0.05) is 17.5 Å². The molecule has 2 rings (SSSR count). The average Bonchev–Trinajstić information content (AvgIpc) is 2.64. The normalized spacial score (nSPS) is 11.7. The minimum Gasteiger partial charge on any atom is -0.497 e. The molecule has 2 aromatic rings. The lowest BCUT2D eigenvalue weighted by Crippen LogP contribution is -2.28. The van der Waals surface area contributed by atoms with Crippen molar-refractivity contribution in [2.75, 3.05) is 14.2 Å². The third-order valence-corrected chi connectivity index (χ3v) is 4.32. The number of hydrogen-bond acceptors (Lipinski definition) is 3. The second kappa shape index (κ2) is 9.33. The first-order valence-electron chi connectivity index (χ1n) is 8.32. The fraction of sp³-hybridized carbons (Fsp3) is 0.350. The van der Waals surface area contributed by atoms with E-state index in [0.29, 0.717) is 17.9 Å². The van der Waals surface area contributed by atoms with Gasteiger partial charge in [0.1, 0.15) is 11.5 Å². The molecule has 0 bridgehead atoms. The summed E-state index contributed by atoms with van der Waals surface area (Å²) in [7, 11) is 3.23. The van der Waals surface area contributed by atoms with Crippen molar-refractivity contribution in [2.24, 2.45) is 0 Å². The zero-order valence-corrected chi connectivity index (χ0v) is 15.6. The van der Waals surface area contributed by atoms with Gasteiger partial charge in [-0.3, -0.25) is 4.79 Å². The van der Waals surface area contributed by atoms with Crippen molar-refractivity contribution in [3.63, 3.8) is 0 Å². The fourth-order valence-corrected chi connectivity index (χ4v) is 2.78. The van der Waals surface area contributed by atoms with Crippen molar-refractivity contribution in [3.05, 3.63) is 58.6 Å². The lowest BCUT2D eigenvalue weighted by molar-refractivity contribution is -0.121. The molecule has 0 aromatic heterocycles. The molecule has 0 heterocycles. The number of hydrogen-bond donors (Lipinski definition) is 1. The number of methoxy groups -OCH3 is 2. The van der Waals surface area contributed by atoms with Gasteiger partial charge in [-0.25, -0.2) is 0 Å². The molecule has 25 heavy (non-hydrogen) atoms. The molecule has 0 radical (unpaired) electrons. The van der Waals surface area contributed by atoms with E-state index in [4.69, 9.17) is 21.1 Å². The van der Waals surface area contributed by atoms with Crippen molar-refractivity contribution in [1.29, 1.82) is 0 Å². The lowest BCUT2D eigenvalue weighted by Gasteiger charge is -2.17. The van der Waals surface area contributed by atoms with E-state index in [1.807, 2.05) is 49.4 Å². The van der Waals surface area contributed by atoms with Gasteiger partial charge in [0.05, 0.1) is 20.3 Å². The van der Waals surface area contributed by atoms with E-state index in [2.05, 4.69) is 5.32 Å². The minimum absolute atomic E-state index is 0.00962. The summed E-state index contributed by atoms with van der Waals surface area (Å²) in [6, 6.07) is 13.2. The summed E-state index contributed by atoms with van der Waals surface area (Å²) in [6.45, 7) is 2.05. The molecule has 134 valence electrons. The van der Waals surface area contributed by atoms with Crippen molar-refractivity contribution >= 4 is 17.5 Å². The van der Waals surface area contributed by atoms with Gasteiger partial charge < -0.3 is 14.8 Å². The Balaban J connectivity index is 1.96. The predicted octanol–water partition coefficient (Wildman–Crippen LogP) is 4.56. The number of carbonyl (C=O) groups is 1. The van der Waals surface area contributed by atoms with Crippen LogP contribution in [0.4, 0.5) is 0 Å². The summed E-state index contributed by atoms with van der Waals surface area (Å²) in [5.74, 6) is 1.47. The Hall–Kier alpha value is -2.20. The maximum atomic E-state index is 12.3. The van der Waals surface area contributed by atoms with Crippen molar-refractivity contribution < 1.29 is 14.3 Å². The molecular formula is C20H24ClNO3. The fourth-order valence-electron chi connectivity index (χ4n) is 2.65. The number of halogens is 1. The highest BCUT2D eigenvalue weighted by atomic mass is 35.5. The molecule has 0 aliphatic rings. The van der Waals surface area contributed by atoms with Gasteiger partial charge in [0.15, 0.2) is 0 Å². The van der Waals surface area contributed by atoms with Crippen LogP contribution in [-0.4, -0.2) is 20.1 Å². The zero-order valence-electron chi connectivity index (χ0n) is 14.8. The van der Waals surface area contributed by atoms with E-state index in [-0.39, 0.29) is 11.9 Å². The molecule has 0 spiro atoms. The molecule has 1 atom stereocenters. The summed E-state index contributed by atoms with van der Waals surface area (Å²) in [6.07, 6.45) is 1.84. The third-order valence-electron chi connectivity index (χ3n) is 4.07. The van der Waals surface area contributed by atoms with Gasteiger partial charge in [-0.05, 0) is 48.2 Å². The van der Waals surface area contributed by atoms with Gasteiger partial charge in [0.25, 0.3) is 0 Å². The predicted molar refractivity (Wildman–Crippen MR) is 100 cm³/mol. The standard InChI is InChI=1S/C20H24ClNO3/c1-4-19(15-6-8-16(21)9-7-15)22-20(23)10-5-14-11-17(24-2)13-18(12-14)25-3/h6-9,11-13,19H,4-5,10H2,1-3H3,(H,22,23). The van der Waals surface area contributed by atoms with Crippen LogP contribution in [-0.2, 0) is 11.2 Å². The van der Waals surface area contributed by atoms with E-state index >= 15 is 0 Å². The topological polar surface area (TPSA) is 47.6 Å². The van der Waals surface area contributed by atoms with Gasteiger partial charge in [0.2, 0.25) is 5.91 Å². The molecule has 0 aliphatic heterocycles. The van der Waals surface area contributed by atoms with Gasteiger partial charge in [-0.2, -0.15) is 0 Å². The number of amides is 1. The molecule has 1 amide bonds. The first-order chi connectivity index (χ1) is 12.0. The molecule has 2 aromatic carbocycles. The van der Waals surface area contributed by atoms with Crippen LogP contribution in [0.1, 0.15) is 36.9 Å². The molecule has 1 N–H and O–H groups in total. The minimum atomic E-state index is -0.00962. The Morgan fingerprint density at radius 3 is 2.20 bits per heavy atom. The Morgan fingerprint density at radius 2 is 1.68 bits per heavy atom. The summed E-state index contributed by atoms with van der Waals surface area (Å²) >= 11 is 5.92. The smallest absolute Gasteiger partial charge is 0.220 e. The second-order valence-electron chi connectivity index (χ2n) is 5.80. The van der Waals surface area contributed by atoms with Gasteiger partial charge in [-0.15, -0.1) is 0 Å². The number of aryl methyl sites for hydroxylation is 1. The van der Waals surface area contributed by atoms with Crippen LogP contribution >= 0.6 is 11.6 Å². The summed E-state index contributed by atoms with van der Waals surface area (Å²) in [4.78, 5) is 12.3. The Labute approximate surface area is 154 Å². The van der Waals surface area contributed by atoms with E-state index in [0.717, 1.165) is 29.0 Å². The molecule has 0 aliphatic carbocycles. The maximum Gasteiger partial charge on any atom is 0.220 e. The Morgan fingerprint density at radius 1 is 1.08 bits per heavy atom. The number of nitrogens with one attached hydrogen (secondary N) is 1. The lowest BCUT2D eigenvalue weighted by atomic mass is 10.0. The molecule has 0 saturated carbocycles. The molecule has 4 nitrogen and oxygen atoms in total. The Kier molecular flexibility index (Phi) is 7.14. The maximum absolute atomic E-state index is 12.3. The quantitative estimate of drug-likeness (QED) is 0.749. The highest BCUT2D eigenvalue weighted by Crippen LogP contribution is 2.24. The highest BCUT2D eigenvalue weighted by Gasteiger charge is 2.13. The van der Waals surface area contributed by atoms with Crippen LogP contribution in [0.2, 0.25) is 5.02 Å². The Bertz CT molecular complexity index is 678. The molecular weight excluding hydrogens is 338 g/mol. The van der Waals surface area contributed by atoms with Crippen LogP contribution in [0, 0.1) is 0 Å². The average molecular weight is 362 g/mol. The van der Waals surface area contributed by atoms with E-state index in [1.165, 1.54) is 0 Å². The van der Waals surface area contributed by atoms with Crippen LogP contribution < -0.4 is 14.8 Å². The highest BCUT2D eigenvalue weighted by molar-refractivity contribution is 6.30. The summed E-state index contributed by atoms with van der Waals surface area (Å²) < 4.78 is 10.5. The van der Waals surface area contributed by atoms with Crippen LogP contribution in [0.25, 0.3) is 0 Å². The summed E-state index contributed by atoms with van der Waals surface area (Å²) in [5, 5.41) is 3.78. The third kappa shape index (κ3) is 5.68. The van der Waals surface area contributed by atoms with Crippen molar-refractivity contribution in [1.82, 2.24) is 5.32 Å². The van der Waals surface area contributed by atoms with E-state index in [9.17, 15) is 4.79 Å². The molecule has 0 saturated heterocycles. The number of carbonyl (C=O) groups excluding carboxylic acids is 1. The largest absolute Gasteiger partial charge is 0.497 e. The van der Waals surface area contributed by atoms with Crippen LogP contribution in [0.15, 0.2) is 42.5 Å². The van der Waals surface area contributed by atoms with Crippen molar-refractivity contribution in [2.45, 2.75) is 32.2 Å². The number of rotatable bonds is 8. The first kappa shape index (κ1) is 19.1. The number of ether oxygens (including phenoxy) is 2. The molecule has 5 heteroatoms. The molecule has 0 fully saturated rings. The number of benzene rings is 2.